The number of anilines is 1. The largest absolute Gasteiger partial charge is 0.497 e. The molecule has 3 heterocycles. The maximum absolute atomic E-state index is 14.6. The van der Waals surface area contributed by atoms with Crippen LogP contribution in [0.15, 0.2) is 79.9 Å². The molecule has 1 spiro atoms. The first kappa shape index (κ1) is 35.3. The monoisotopic (exact) mass is 723 g/mol. The first-order chi connectivity index (χ1) is 23.2. The van der Waals surface area contributed by atoms with Crippen molar-refractivity contribution in [2.75, 3.05) is 38.3 Å². The molecule has 2 aromatic rings. The summed E-state index contributed by atoms with van der Waals surface area (Å²) in [6.07, 6.45) is 3.02. The summed E-state index contributed by atoms with van der Waals surface area (Å²) in [4.78, 5) is 58.3. The van der Waals surface area contributed by atoms with Crippen molar-refractivity contribution in [3.8, 4) is 5.75 Å². The van der Waals surface area contributed by atoms with E-state index in [-0.39, 0.29) is 55.7 Å². The lowest BCUT2D eigenvalue weighted by atomic mass is 9.70. The molecular formula is C36H42BrN3O8. The van der Waals surface area contributed by atoms with E-state index in [1.54, 1.807) is 60.6 Å². The average Bonchev–Trinajstić information content (AvgIpc) is 3.70. The minimum atomic E-state index is -1.32. The van der Waals surface area contributed by atoms with Crippen LogP contribution in [0.5, 0.6) is 5.75 Å². The minimum absolute atomic E-state index is 0.0353. The fourth-order valence-corrected chi connectivity index (χ4v) is 8.11. The molecule has 5 rings (SSSR count). The quantitative estimate of drug-likeness (QED) is 0.152. The number of esters is 1. The van der Waals surface area contributed by atoms with Crippen LogP contribution >= 0.6 is 15.9 Å². The molecule has 0 aliphatic carbocycles. The second-order valence-corrected chi connectivity index (χ2v) is 13.4. The van der Waals surface area contributed by atoms with Gasteiger partial charge in [0.1, 0.15) is 23.5 Å². The molecule has 0 radical (unpaired) electrons. The van der Waals surface area contributed by atoms with E-state index in [2.05, 4.69) is 34.4 Å². The minimum Gasteiger partial charge on any atom is -0.497 e. The zero-order chi connectivity index (χ0) is 34.4. The number of nitrogens with one attached hydrogen (secondary N) is 1. The van der Waals surface area contributed by atoms with Crippen LogP contribution in [0.3, 0.4) is 0 Å². The number of rotatable bonds is 16. The van der Waals surface area contributed by atoms with Crippen molar-refractivity contribution in [1.82, 2.24) is 10.2 Å². The Morgan fingerprint density at radius 2 is 1.90 bits per heavy atom. The summed E-state index contributed by atoms with van der Waals surface area (Å²) in [6, 6.07) is 15.0. The predicted molar refractivity (Wildman–Crippen MR) is 182 cm³/mol. The number of hydrogen-bond acceptors (Lipinski definition) is 8. The Balaban J connectivity index is 1.47. The predicted octanol–water partition coefficient (Wildman–Crippen LogP) is 3.71. The number of nitrogens with zero attached hydrogens (tertiary/aromatic N) is 2. The van der Waals surface area contributed by atoms with E-state index < -0.39 is 47.6 Å². The lowest BCUT2D eigenvalue weighted by Gasteiger charge is -2.37. The highest BCUT2D eigenvalue weighted by Gasteiger charge is 2.77. The number of ether oxygens (including phenoxy) is 3. The molecule has 1 unspecified atom stereocenters. The summed E-state index contributed by atoms with van der Waals surface area (Å²) in [6.45, 7) is 7.60. The Labute approximate surface area is 289 Å². The standard InChI is InChI=1S/C36H42BrN3O8/c1-4-6-13-28(42)38-22-27(23-11-8-7-9-12-23)47-35(45)29-30-33(43)40(19-10-20-41)32(36(30)21-26(37)31(29)48-36)34(44)39(18-5-2)24-14-16-25(46-3)17-15-24/h4-5,7-9,11-12,14-17,26-27,29-32,41H,1-2,6,10,13,18-22H2,3H3,(H,38,42)/t26?,27-,29+,30-,31+,32+,36-/m0/s1. The smallest absolute Gasteiger partial charge is 0.313 e. The lowest BCUT2D eigenvalue weighted by Crippen LogP contribution is -2.57. The number of carbonyl (C=O) groups is 4. The first-order valence-electron chi connectivity index (χ1n) is 16.1. The highest BCUT2D eigenvalue weighted by Crippen LogP contribution is 2.60. The Morgan fingerprint density at radius 3 is 2.54 bits per heavy atom. The summed E-state index contributed by atoms with van der Waals surface area (Å²) in [7, 11) is 1.55. The van der Waals surface area contributed by atoms with Gasteiger partial charge in [0.05, 0.1) is 31.6 Å². The van der Waals surface area contributed by atoms with Gasteiger partial charge in [-0.2, -0.15) is 0 Å². The van der Waals surface area contributed by atoms with Crippen molar-refractivity contribution in [3.63, 3.8) is 0 Å². The number of hydrogen-bond donors (Lipinski definition) is 2. The average molecular weight is 725 g/mol. The van der Waals surface area contributed by atoms with Crippen molar-refractivity contribution in [1.29, 1.82) is 0 Å². The summed E-state index contributed by atoms with van der Waals surface area (Å²) in [5, 5.41) is 12.6. The molecule has 0 aromatic heterocycles. The zero-order valence-corrected chi connectivity index (χ0v) is 28.5. The highest BCUT2D eigenvalue weighted by molar-refractivity contribution is 9.09. The number of aliphatic hydroxyl groups is 1. The number of halogens is 1. The number of amides is 3. The molecule has 11 nitrogen and oxygen atoms in total. The number of likely N-dealkylation sites (tertiary alicyclic amines) is 1. The van der Waals surface area contributed by atoms with Crippen molar-refractivity contribution in [2.24, 2.45) is 11.8 Å². The van der Waals surface area contributed by atoms with Crippen LogP contribution in [0.2, 0.25) is 0 Å². The topological polar surface area (TPSA) is 135 Å². The second-order valence-electron chi connectivity index (χ2n) is 12.2. The lowest BCUT2D eigenvalue weighted by molar-refractivity contribution is -0.160. The molecule has 48 heavy (non-hydrogen) atoms. The van der Waals surface area contributed by atoms with E-state index in [9.17, 15) is 24.3 Å². The maximum Gasteiger partial charge on any atom is 0.313 e. The molecule has 3 fully saturated rings. The third-order valence-corrected chi connectivity index (χ3v) is 10.1. The highest BCUT2D eigenvalue weighted by atomic mass is 79.9. The molecule has 2 N–H and O–H groups in total. The van der Waals surface area contributed by atoms with E-state index in [0.29, 0.717) is 29.8 Å². The third kappa shape index (κ3) is 6.79. The van der Waals surface area contributed by atoms with Crippen molar-refractivity contribution >= 4 is 45.3 Å². The van der Waals surface area contributed by atoms with E-state index in [4.69, 9.17) is 14.2 Å². The number of alkyl halides is 1. The molecule has 7 atom stereocenters. The molecule has 2 bridgehead atoms. The van der Waals surface area contributed by atoms with Gasteiger partial charge in [-0.3, -0.25) is 19.2 Å². The van der Waals surface area contributed by atoms with Crippen LogP contribution in [0.4, 0.5) is 5.69 Å². The number of allylic oxidation sites excluding steroid dienone is 1. The van der Waals surface area contributed by atoms with Crippen molar-refractivity contribution < 1.29 is 38.5 Å². The van der Waals surface area contributed by atoms with E-state index in [1.165, 1.54) is 4.90 Å². The zero-order valence-electron chi connectivity index (χ0n) is 27.0. The van der Waals surface area contributed by atoms with Crippen LogP contribution in [0, 0.1) is 11.8 Å². The summed E-state index contributed by atoms with van der Waals surface area (Å²) >= 11 is 3.70. The molecule has 3 aliphatic heterocycles. The molecule has 0 saturated carbocycles. The number of fused-ring (bicyclic) bond motifs is 1. The van der Waals surface area contributed by atoms with E-state index in [0.717, 1.165) is 0 Å². The van der Waals surface area contributed by atoms with Crippen molar-refractivity contribution in [2.45, 2.75) is 54.4 Å². The molecule has 2 aromatic carbocycles. The number of carbonyl (C=O) groups excluding carboxylic acids is 4. The number of benzene rings is 2. The Morgan fingerprint density at radius 1 is 1.17 bits per heavy atom. The van der Waals surface area contributed by atoms with Gasteiger partial charge in [-0.25, -0.2) is 0 Å². The van der Waals surface area contributed by atoms with Gasteiger partial charge >= 0.3 is 5.97 Å². The normalized spacial score (nSPS) is 26.0. The Hall–Kier alpha value is -4.00. The molecule has 3 aliphatic rings. The van der Waals surface area contributed by atoms with Gasteiger partial charge in [0.25, 0.3) is 5.91 Å². The van der Waals surface area contributed by atoms with Crippen molar-refractivity contribution in [3.05, 3.63) is 85.5 Å². The van der Waals surface area contributed by atoms with Crippen LogP contribution in [-0.4, -0.2) is 89.6 Å². The van der Waals surface area contributed by atoms with Gasteiger partial charge in [0.2, 0.25) is 11.8 Å². The van der Waals surface area contributed by atoms with Crippen LogP contribution < -0.4 is 15.0 Å². The Kier molecular flexibility index (Phi) is 11.4. The Bertz CT molecular complexity index is 1500. The fraction of sp³-hybridized carbons (Fsp3) is 0.444. The van der Waals surface area contributed by atoms with Gasteiger partial charge in [-0.05, 0) is 49.1 Å². The van der Waals surface area contributed by atoms with Gasteiger partial charge < -0.3 is 34.4 Å². The molecule has 3 amide bonds. The van der Waals surface area contributed by atoms with E-state index in [1.807, 2.05) is 18.2 Å². The van der Waals surface area contributed by atoms with Crippen LogP contribution in [-0.2, 0) is 28.7 Å². The second kappa shape index (κ2) is 15.5. The fourth-order valence-electron chi connectivity index (χ4n) is 7.16. The first-order valence-corrected chi connectivity index (χ1v) is 17.0. The molecule has 256 valence electrons. The summed E-state index contributed by atoms with van der Waals surface area (Å²) < 4.78 is 18.0. The molecular weight excluding hydrogens is 682 g/mol. The van der Waals surface area contributed by atoms with Gasteiger partial charge in [0.15, 0.2) is 0 Å². The van der Waals surface area contributed by atoms with Crippen LogP contribution in [0.1, 0.15) is 37.4 Å². The summed E-state index contributed by atoms with van der Waals surface area (Å²) in [5.74, 6) is -3.01. The summed E-state index contributed by atoms with van der Waals surface area (Å²) in [5.41, 5.74) is -0.0621. The van der Waals surface area contributed by atoms with E-state index >= 15 is 0 Å². The third-order valence-electron chi connectivity index (χ3n) is 9.30. The number of aliphatic hydroxyl groups excluding tert-OH is 1. The van der Waals surface area contributed by atoms with Gasteiger partial charge in [-0.1, -0.05) is 58.4 Å². The SMILES string of the molecule is C=CCCC(=O)NC[C@H](OC(=O)[C@H]1[C@@H]2O[C@@]3(CC2Br)[C@@H]1C(=O)N(CCCO)[C@@H]3C(=O)N(CC=C)c1ccc(OC)cc1)c1ccccc1. The van der Waals surface area contributed by atoms with Crippen LogP contribution in [0.25, 0.3) is 0 Å². The van der Waals surface area contributed by atoms with Gasteiger partial charge in [-0.15, -0.1) is 13.2 Å². The van der Waals surface area contributed by atoms with Gasteiger partial charge in [0, 0.05) is 36.6 Å². The molecule has 12 heteroatoms. The number of methoxy groups -OCH3 is 1. The molecule has 3 saturated heterocycles. The maximum atomic E-state index is 14.6.